The monoisotopic (exact) mass is 374 g/mol. The molecule has 9 heteroatoms. The Balaban J connectivity index is 1.79. The van der Waals surface area contributed by atoms with Gasteiger partial charge in [-0.25, -0.2) is 9.97 Å². The number of hydrogen-bond donors (Lipinski definition) is 3. The number of nitrogen functional groups attached to an aromatic ring is 1. The van der Waals surface area contributed by atoms with E-state index in [0.29, 0.717) is 23.1 Å². The van der Waals surface area contributed by atoms with Crippen molar-refractivity contribution in [2.45, 2.75) is 68.9 Å². The lowest BCUT2D eigenvalue weighted by Crippen LogP contribution is -2.35. The Morgan fingerprint density at radius 2 is 2.08 bits per heavy atom. The van der Waals surface area contributed by atoms with Crippen LogP contribution in [-0.2, 0) is 9.47 Å². The molecule has 0 aromatic carbocycles. The highest BCUT2D eigenvalue weighted by molar-refractivity contribution is 7.99. The second-order valence-electron chi connectivity index (χ2n) is 6.53. The Labute approximate surface area is 150 Å². The van der Waals surface area contributed by atoms with Crippen LogP contribution in [0, 0.1) is 0 Å². The van der Waals surface area contributed by atoms with Crippen molar-refractivity contribution in [2.75, 3.05) is 16.8 Å². The van der Waals surface area contributed by atoms with Gasteiger partial charge in [0.05, 0.1) is 12.1 Å². The van der Waals surface area contributed by atoms with Gasteiger partial charge >= 0.3 is 0 Å². The van der Waals surface area contributed by atoms with Crippen LogP contribution in [0.1, 0.15) is 33.6 Å². The maximum atomic E-state index is 10.2. The molecular formula is C15H23ClN4O3S. The lowest BCUT2D eigenvalue weighted by atomic mass is 10.2. The molecule has 3 rings (SSSR count). The summed E-state index contributed by atoms with van der Waals surface area (Å²) < 4.78 is 11.7. The van der Waals surface area contributed by atoms with Gasteiger partial charge < -0.3 is 25.6 Å². The molecule has 1 saturated carbocycles. The van der Waals surface area contributed by atoms with Gasteiger partial charge in [0, 0.05) is 5.75 Å². The minimum absolute atomic E-state index is 0.163. The molecule has 4 unspecified atom stereocenters. The third-order valence-electron chi connectivity index (χ3n) is 4.07. The first-order chi connectivity index (χ1) is 11.3. The van der Waals surface area contributed by atoms with Gasteiger partial charge in [-0.1, -0.05) is 30.3 Å². The van der Waals surface area contributed by atoms with Crippen LogP contribution in [0.15, 0.2) is 5.16 Å². The first kappa shape index (κ1) is 18.0. The SMILES string of the molecule is CCCSc1nc(Cl)c(N)c(NC2CC(O)C3OC(C)(C)OC23)n1. The Morgan fingerprint density at radius 3 is 2.79 bits per heavy atom. The molecule has 7 nitrogen and oxygen atoms in total. The van der Waals surface area contributed by atoms with Crippen LogP contribution in [-0.4, -0.2) is 51.0 Å². The van der Waals surface area contributed by atoms with Gasteiger partial charge in [-0.2, -0.15) is 0 Å². The molecule has 2 heterocycles. The first-order valence-electron chi connectivity index (χ1n) is 8.07. The van der Waals surface area contributed by atoms with Crippen molar-refractivity contribution in [3.63, 3.8) is 0 Å². The number of nitrogens with zero attached hydrogens (tertiary/aromatic N) is 2. The van der Waals surface area contributed by atoms with Crippen LogP contribution in [0.3, 0.4) is 0 Å². The van der Waals surface area contributed by atoms with Crippen molar-refractivity contribution in [3.8, 4) is 0 Å². The largest absolute Gasteiger partial charge is 0.393 e. The van der Waals surface area contributed by atoms with E-state index in [4.69, 9.17) is 26.8 Å². The van der Waals surface area contributed by atoms with Crippen molar-refractivity contribution < 1.29 is 14.6 Å². The minimum Gasteiger partial charge on any atom is -0.393 e. The Hall–Kier alpha value is -0.800. The maximum absolute atomic E-state index is 10.2. The number of aromatic nitrogens is 2. The Bertz CT molecular complexity index is 619. The molecule has 1 saturated heterocycles. The van der Waals surface area contributed by atoms with E-state index in [1.165, 1.54) is 11.8 Å². The molecule has 2 fully saturated rings. The summed E-state index contributed by atoms with van der Waals surface area (Å²) in [7, 11) is 0. The molecular weight excluding hydrogens is 352 g/mol. The van der Waals surface area contributed by atoms with Crippen LogP contribution in [0.2, 0.25) is 5.15 Å². The number of anilines is 2. The van der Waals surface area contributed by atoms with Crippen LogP contribution in [0.25, 0.3) is 0 Å². The van der Waals surface area contributed by atoms with E-state index in [0.717, 1.165) is 12.2 Å². The molecule has 1 aliphatic carbocycles. The molecule has 0 radical (unpaired) electrons. The van der Waals surface area contributed by atoms with Crippen molar-refractivity contribution in [1.82, 2.24) is 9.97 Å². The molecule has 4 atom stereocenters. The van der Waals surface area contributed by atoms with Gasteiger partial charge in [-0.05, 0) is 26.7 Å². The van der Waals surface area contributed by atoms with Gasteiger partial charge in [0.2, 0.25) is 0 Å². The summed E-state index contributed by atoms with van der Waals surface area (Å²) in [6.45, 7) is 5.76. The van der Waals surface area contributed by atoms with Crippen molar-refractivity contribution in [2.24, 2.45) is 0 Å². The number of hydrogen-bond acceptors (Lipinski definition) is 8. The summed E-state index contributed by atoms with van der Waals surface area (Å²) in [6, 6.07) is -0.163. The lowest BCUT2D eigenvalue weighted by molar-refractivity contribution is -0.162. The van der Waals surface area contributed by atoms with Gasteiger partial charge in [0.1, 0.15) is 17.9 Å². The number of nitrogens with one attached hydrogen (secondary N) is 1. The molecule has 1 aromatic rings. The number of ether oxygens (including phenoxy) is 2. The molecule has 1 aliphatic heterocycles. The minimum atomic E-state index is -0.715. The number of halogens is 1. The summed E-state index contributed by atoms with van der Waals surface area (Å²) >= 11 is 7.66. The zero-order valence-electron chi connectivity index (χ0n) is 14.0. The van der Waals surface area contributed by atoms with Crippen LogP contribution >= 0.6 is 23.4 Å². The summed E-state index contributed by atoms with van der Waals surface area (Å²) in [5.41, 5.74) is 6.32. The van der Waals surface area contributed by atoms with E-state index in [1.807, 2.05) is 13.8 Å². The molecule has 0 bridgehead atoms. The van der Waals surface area contributed by atoms with Gasteiger partial charge in [0.25, 0.3) is 0 Å². The number of aliphatic hydroxyl groups is 1. The molecule has 134 valence electrons. The molecule has 24 heavy (non-hydrogen) atoms. The zero-order chi connectivity index (χ0) is 17.5. The lowest BCUT2D eigenvalue weighted by Gasteiger charge is -2.24. The van der Waals surface area contributed by atoms with Crippen LogP contribution in [0.5, 0.6) is 0 Å². The molecule has 0 amide bonds. The number of rotatable bonds is 5. The van der Waals surface area contributed by atoms with Crippen LogP contribution < -0.4 is 11.1 Å². The number of aliphatic hydroxyl groups excluding tert-OH is 1. The summed E-state index contributed by atoms with van der Waals surface area (Å²) in [5.74, 6) is 0.658. The maximum Gasteiger partial charge on any atom is 0.191 e. The normalized spacial score (nSPS) is 31.2. The summed E-state index contributed by atoms with van der Waals surface area (Å²) in [6.07, 6.45) is 0.281. The van der Waals surface area contributed by atoms with Gasteiger partial charge in [-0.3, -0.25) is 0 Å². The van der Waals surface area contributed by atoms with Crippen LogP contribution in [0.4, 0.5) is 11.5 Å². The van der Waals surface area contributed by atoms with Crippen molar-refractivity contribution in [1.29, 1.82) is 0 Å². The first-order valence-corrected chi connectivity index (χ1v) is 9.43. The number of nitrogens with two attached hydrogens (primary N) is 1. The summed E-state index contributed by atoms with van der Waals surface area (Å²) in [5, 5.41) is 14.3. The number of thioether (sulfide) groups is 1. The Kier molecular flexibility index (Phi) is 5.13. The fraction of sp³-hybridized carbons (Fsp3) is 0.733. The van der Waals surface area contributed by atoms with Crippen molar-refractivity contribution >= 4 is 34.9 Å². The number of fused-ring (bicyclic) bond motifs is 1. The Morgan fingerprint density at radius 1 is 1.38 bits per heavy atom. The smallest absolute Gasteiger partial charge is 0.191 e. The molecule has 1 aromatic heterocycles. The average Bonchev–Trinajstić information content (AvgIpc) is 2.97. The highest BCUT2D eigenvalue weighted by Gasteiger charge is 2.53. The molecule has 0 spiro atoms. The second-order valence-corrected chi connectivity index (χ2v) is 7.95. The predicted molar refractivity (Wildman–Crippen MR) is 94.3 cm³/mol. The highest BCUT2D eigenvalue weighted by atomic mass is 35.5. The van der Waals surface area contributed by atoms with E-state index in [-0.39, 0.29) is 23.4 Å². The molecule has 2 aliphatic rings. The van der Waals surface area contributed by atoms with Gasteiger partial charge in [0.15, 0.2) is 21.9 Å². The van der Waals surface area contributed by atoms with E-state index in [2.05, 4.69) is 22.2 Å². The predicted octanol–water partition coefficient (Wildman–Crippen LogP) is 2.28. The fourth-order valence-electron chi connectivity index (χ4n) is 3.06. The zero-order valence-corrected chi connectivity index (χ0v) is 15.5. The van der Waals surface area contributed by atoms with E-state index in [1.54, 1.807) is 0 Å². The standard InChI is InChI=1S/C15H23ClN4O3S/c1-4-5-24-14-19-12(16)9(17)13(20-14)18-7-6-8(21)11-10(7)22-15(2,3)23-11/h7-8,10-11,21H,4-6,17H2,1-3H3,(H,18,19,20). The van der Waals surface area contributed by atoms with E-state index in [9.17, 15) is 5.11 Å². The highest BCUT2D eigenvalue weighted by Crippen LogP contribution is 2.40. The summed E-state index contributed by atoms with van der Waals surface area (Å²) in [4.78, 5) is 8.66. The second kappa shape index (κ2) is 6.84. The van der Waals surface area contributed by atoms with Crippen molar-refractivity contribution in [3.05, 3.63) is 5.15 Å². The van der Waals surface area contributed by atoms with Gasteiger partial charge in [-0.15, -0.1) is 0 Å². The third-order valence-corrected chi connectivity index (χ3v) is 5.41. The topological polar surface area (TPSA) is 103 Å². The van der Waals surface area contributed by atoms with E-state index >= 15 is 0 Å². The quantitative estimate of drug-likeness (QED) is 0.410. The fourth-order valence-corrected chi connectivity index (χ4v) is 3.98. The molecule has 4 N–H and O–H groups in total. The average molecular weight is 375 g/mol. The van der Waals surface area contributed by atoms with E-state index < -0.39 is 11.9 Å². The third kappa shape index (κ3) is 3.57.